The first-order valence-corrected chi connectivity index (χ1v) is 9.29. The highest BCUT2D eigenvalue weighted by atomic mass is 32.2. The Hall–Kier alpha value is -0.830. The van der Waals surface area contributed by atoms with Crippen molar-refractivity contribution in [2.45, 2.75) is 12.3 Å². The number of ether oxygens (including phenoxy) is 1. The molecule has 1 N–H and O–H groups in total. The van der Waals surface area contributed by atoms with Crippen LogP contribution < -0.4 is 10.1 Å². The summed E-state index contributed by atoms with van der Waals surface area (Å²) in [6.45, 7) is 1.88. The predicted molar refractivity (Wildman–Crippen MR) is 92.8 cm³/mol. The van der Waals surface area contributed by atoms with Crippen molar-refractivity contribution in [2.75, 3.05) is 38.8 Å². The quantitative estimate of drug-likeness (QED) is 0.706. The lowest BCUT2D eigenvalue weighted by atomic mass is 10.4. The molecule has 0 aromatic carbocycles. The average molecular weight is 345 g/mol. The van der Waals surface area contributed by atoms with Crippen LogP contribution in [0.5, 0.6) is 5.88 Å². The minimum Gasteiger partial charge on any atom is -0.478 e. The zero-order valence-corrected chi connectivity index (χ0v) is 14.9. The number of anilines is 1. The van der Waals surface area contributed by atoms with E-state index in [0.717, 1.165) is 42.1 Å². The molecule has 0 radical (unpaired) electrons. The molecule has 0 atom stereocenters. The van der Waals surface area contributed by atoms with Gasteiger partial charge in [-0.3, -0.25) is 0 Å². The Morgan fingerprint density at radius 1 is 1.29 bits per heavy atom. The SMILES string of the molecule is COc1nsnc1NCCSCc1ccc(CN(C)C)s1. The molecule has 0 amide bonds. The van der Waals surface area contributed by atoms with E-state index in [-0.39, 0.29) is 0 Å². The second-order valence-electron chi connectivity index (χ2n) is 4.71. The van der Waals surface area contributed by atoms with Crippen molar-refractivity contribution in [3.63, 3.8) is 0 Å². The maximum atomic E-state index is 5.11. The number of aromatic nitrogens is 2. The molecule has 0 spiro atoms. The lowest BCUT2D eigenvalue weighted by molar-refractivity contribution is 0.403. The minimum absolute atomic E-state index is 0.580. The maximum Gasteiger partial charge on any atom is 0.270 e. The van der Waals surface area contributed by atoms with Gasteiger partial charge in [-0.2, -0.15) is 16.1 Å². The lowest BCUT2D eigenvalue weighted by Gasteiger charge is -2.06. The molecular weight excluding hydrogens is 324 g/mol. The van der Waals surface area contributed by atoms with Gasteiger partial charge in [0, 0.05) is 34.3 Å². The summed E-state index contributed by atoms with van der Waals surface area (Å²) in [5.74, 6) is 3.41. The first-order valence-electron chi connectivity index (χ1n) is 6.59. The Morgan fingerprint density at radius 2 is 2.10 bits per heavy atom. The molecule has 2 aromatic rings. The van der Waals surface area contributed by atoms with Crippen LogP contribution in [0.25, 0.3) is 0 Å². The molecule has 0 aliphatic heterocycles. The predicted octanol–water partition coefficient (Wildman–Crippen LogP) is 3.02. The third-order valence-electron chi connectivity index (χ3n) is 2.62. The van der Waals surface area contributed by atoms with Gasteiger partial charge in [-0.05, 0) is 26.2 Å². The Kier molecular flexibility index (Phi) is 6.75. The van der Waals surface area contributed by atoms with Crippen LogP contribution in [-0.2, 0) is 12.3 Å². The van der Waals surface area contributed by atoms with Gasteiger partial charge in [-0.15, -0.1) is 15.7 Å². The first-order chi connectivity index (χ1) is 10.2. The number of methoxy groups -OCH3 is 1. The summed E-state index contributed by atoms with van der Waals surface area (Å²) in [4.78, 5) is 5.05. The summed E-state index contributed by atoms with van der Waals surface area (Å²) in [5, 5.41) is 3.25. The van der Waals surface area contributed by atoms with Gasteiger partial charge in [0.1, 0.15) is 0 Å². The van der Waals surface area contributed by atoms with E-state index in [4.69, 9.17) is 4.74 Å². The van der Waals surface area contributed by atoms with Crippen LogP contribution in [0.2, 0.25) is 0 Å². The highest BCUT2D eigenvalue weighted by Gasteiger charge is 2.06. The van der Waals surface area contributed by atoms with E-state index in [2.05, 4.69) is 45.2 Å². The van der Waals surface area contributed by atoms with E-state index in [1.807, 2.05) is 23.1 Å². The molecule has 0 unspecified atom stereocenters. The second-order valence-corrected chi connectivity index (χ2v) is 7.59. The van der Waals surface area contributed by atoms with Crippen molar-refractivity contribution in [1.82, 2.24) is 13.6 Å². The molecule has 0 aliphatic carbocycles. The van der Waals surface area contributed by atoms with Gasteiger partial charge in [-0.1, -0.05) is 0 Å². The molecular formula is C13H20N4OS3. The van der Waals surface area contributed by atoms with Crippen LogP contribution in [0.1, 0.15) is 9.75 Å². The van der Waals surface area contributed by atoms with Crippen molar-refractivity contribution >= 4 is 40.6 Å². The van der Waals surface area contributed by atoms with Crippen LogP contribution in [0.3, 0.4) is 0 Å². The smallest absolute Gasteiger partial charge is 0.270 e. The summed E-state index contributed by atoms with van der Waals surface area (Å²) < 4.78 is 13.3. The molecule has 2 rings (SSSR count). The van der Waals surface area contributed by atoms with Crippen molar-refractivity contribution in [3.05, 3.63) is 21.9 Å². The van der Waals surface area contributed by atoms with Crippen molar-refractivity contribution in [3.8, 4) is 5.88 Å². The highest BCUT2D eigenvalue weighted by molar-refractivity contribution is 7.98. The molecule has 0 aliphatic rings. The fourth-order valence-corrected chi connectivity index (χ4v) is 4.34. The van der Waals surface area contributed by atoms with E-state index in [1.54, 1.807) is 7.11 Å². The third kappa shape index (κ3) is 5.46. The average Bonchev–Trinajstić information content (AvgIpc) is 3.07. The molecule has 2 heterocycles. The summed E-state index contributed by atoms with van der Waals surface area (Å²) in [6.07, 6.45) is 0. The van der Waals surface area contributed by atoms with Gasteiger partial charge < -0.3 is 15.0 Å². The zero-order valence-electron chi connectivity index (χ0n) is 12.5. The number of hydrogen-bond acceptors (Lipinski definition) is 8. The Balaban J connectivity index is 1.64. The Labute approximate surface area is 138 Å². The Morgan fingerprint density at radius 3 is 2.86 bits per heavy atom. The van der Waals surface area contributed by atoms with Crippen molar-refractivity contribution in [1.29, 1.82) is 0 Å². The third-order valence-corrected chi connectivity index (χ3v) is 5.40. The molecule has 0 saturated heterocycles. The normalized spacial score (nSPS) is 11.0. The maximum absolute atomic E-state index is 5.11. The van der Waals surface area contributed by atoms with Gasteiger partial charge in [-0.25, -0.2) is 0 Å². The molecule has 5 nitrogen and oxygen atoms in total. The zero-order chi connectivity index (χ0) is 15.1. The minimum atomic E-state index is 0.580. The van der Waals surface area contributed by atoms with Crippen LogP contribution in [0, 0.1) is 0 Å². The van der Waals surface area contributed by atoms with Gasteiger partial charge in [0.15, 0.2) is 0 Å². The van der Waals surface area contributed by atoms with E-state index in [0.29, 0.717) is 5.88 Å². The summed E-state index contributed by atoms with van der Waals surface area (Å²) in [7, 11) is 5.81. The molecule has 8 heteroatoms. The second kappa shape index (κ2) is 8.57. The number of thiophene rings is 1. The number of hydrogen-bond donors (Lipinski definition) is 1. The van der Waals surface area contributed by atoms with Crippen LogP contribution in [0.15, 0.2) is 12.1 Å². The molecule has 0 saturated carbocycles. The first kappa shape index (κ1) is 16.5. The standard InChI is InChI=1S/C13H20N4OS3/c1-17(2)8-10-4-5-11(20-10)9-19-7-6-14-12-13(18-3)16-21-15-12/h4-5H,6-9H2,1-3H3,(H,14,15). The fourth-order valence-electron chi connectivity index (χ4n) is 1.73. The number of thioether (sulfide) groups is 1. The van der Waals surface area contributed by atoms with E-state index >= 15 is 0 Å². The highest BCUT2D eigenvalue weighted by Crippen LogP contribution is 2.23. The topological polar surface area (TPSA) is 50.3 Å². The summed E-state index contributed by atoms with van der Waals surface area (Å²) in [6, 6.07) is 4.46. The van der Waals surface area contributed by atoms with Gasteiger partial charge in [0.2, 0.25) is 5.82 Å². The number of nitrogens with zero attached hydrogens (tertiary/aromatic N) is 3. The number of rotatable bonds is 9. The van der Waals surface area contributed by atoms with Gasteiger partial charge in [0.25, 0.3) is 5.88 Å². The van der Waals surface area contributed by atoms with Crippen LogP contribution >= 0.6 is 34.8 Å². The molecule has 0 bridgehead atoms. The fraction of sp³-hybridized carbons (Fsp3) is 0.538. The van der Waals surface area contributed by atoms with E-state index in [1.165, 1.54) is 9.75 Å². The van der Waals surface area contributed by atoms with Crippen LogP contribution in [0.4, 0.5) is 5.82 Å². The molecule has 21 heavy (non-hydrogen) atoms. The monoisotopic (exact) mass is 344 g/mol. The molecule has 2 aromatic heterocycles. The van der Waals surface area contributed by atoms with E-state index < -0.39 is 0 Å². The lowest BCUT2D eigenvalue weighted by Crippen LogP contribution is -2.09. The van der Waals surface area contributed by atoms with Gasteiger partial charge in [0.05, 0.1) is 18.8 Å². The largest absolute Gasteiger partial charge is 0.478 e. The molecule has 0 fully saturated rings. The van der Waals surface area contributed by atoms with Crippen molar-refractivity contribution < 1.29 is 4.74 Å². The number of nitrogens with one attached hydrogen (secondary N) is 1. The summed E-state index contributed by atoms with van der Waals surface area (Å²) in [5.41, 5.74) is 0. The van der Waals surface area contributed by atoms with Gasteiger partial charge >= 0.3 is 0 Å². The molecule has 116 valence electrons. The van der Waals surface area contributed by atoms with Crippen LogP contribution in [-0.4, -0.2) is 47.1 Å². The van der Waals surface area contributed by atoms with E-state index in [9.17, 15) is 0 Å². The van der Waals surface area contributed by atoms with Crippen molar-refractivity contribution in [2.24, 2.45) is 0 Å². The summed E-state index contributed by atoms with van der Waals surface area (Å²) >= 11 is 4.98. The Bertz CT molecular complexity index is 541.